The molecule has 1 atom stereocenters. The summed E-state index contributed by atoms with van der Waals surface area (Å²) >= 11 is 5.46. The van der Waals surface area contributed by atoms with Crippen molar-refractivity contribution < 1.29 is 44.6 Å². The van der Waals surface area contributed by atoms with Gasteiger partial charge >= 0.3 is 23.9 Å². The molecule has 0 aliphatic heterocycles. The molecular weight excluding hydrogens is 367 g/mol. The number of hydrogen-bond donors (Lipinski definition) is 1. The maximum Gasteiger partial charge on any atom is 0.460 e. The molecule has 1 unspecified atom stereocenters. The quantitative estimate of drug-likeness (QED) is 0.700. The molecule has 0 saturated carbocycles. The maximum absolute atomic E-state index is 13.3. The number of aliphatic hydroxyl groups excluding tert-OH is 1. The third kappa shape index (κ3) is 3.68. The summed E-state index contributed by atoms with van der Waals surface area (Å²) in [6, 6.07) is 4.04. The lowest BCUT2D eigenvalue weighted by Crippen LogP contribution is -2.61. The third-order valence-corrected chi connectivity index (χ3v) is 3.17. The molecule has 23 heavy (non-hydrogen) atoms. The standard InChI is InChI=1S/C12H8ClF9O/c13-7-3-1-6(2-4-7)8(23)5-9(14,15)10(16,17)11(18,19)12(20,21)22/h1-4,8,23H,5H2. The first kappa shape index (κ1) is 19.9. The van der Waals surface area contributed by atoms with Gasteiger partial charge in [0.1, 0.15) is 0 Å². The lowest BCUT2D eigenvalue weighted by Gasteiger charge is -2.34. The van der Waals surface area contributed by atoms with E-state index in [1.165, 1.54) is 0 Å². The molecule has 0 spiro atoms. The topological polar surface area (TPSA) is 20.2 Å². The molecule has 0 fully saturated rings. The number of benzene rings is 1. The number of aliphatic hydroxyl groups is 1. The minimum Gasteiger partial charge on any atom is -0.388 e. The molecule has 0 aromatic heterocycles. The average molecular weight is 375 g/mol. The summed E-state index contributed by atoms with van der Waals surface area (Å²) in [5.41, 5.74) is -0.403. The van der Waals surface area contributed by atoms with Gasteiger partial charge in [-0.3, -0.25) is 0 Å². The Hall–Kier alpha value is -1.16. The number of hydrogen-bond acceptors (Lipinski definition) is 1. The second-order valence-corrected chi connectivity index (χ2v) is 5.06. The van der Waals surface area contributed by atoms with Crippen LogP contribution in [-0.4, -0.2) is 29.1 Å². The van der Waals surface area contributed by atoms with E-state index in [0.29, 0.717) is 0 Å². The fourth-order valence-electron chi connectivity index (χ4n) is 1.58. The van der Waals surface area contributed by atoms with Crippen molar-refractivity contribution in [2.24, 2.45) is 0 Å². The van der Waals surface area contributed by atoms with Crippen molar-refractivity contribution in [3.63, 3.8) is 0 Å². The van der Waals surface area contributed by atoms with E-state index in [0.717, 1.165) is 24.3 Å². The highest BCUT2D eigenvalue weighted by atomic mass is 35.5. The first-order chi connectivity index (χ1) is 10.1. The van der Waals surface area contributed by atoms with E-state index in [1.54, 1.807) is 0 Å². The van der Waals surface area contributed by atoms with Gasteiger partial charge in [-0.1, -0.05) is 23.7 Å². The van der Waals surface area contributed by atoms with Crippen molar-refractivity contribution in [1.29, 1.82) is 0 Å². The van der Waals surface area contributed by atoms with E-state index in [4.69, 9.17) is 11.6 Å². The van der Waals surface area contributed by atoms with Gasteiger partial charge in [0.05, 0.1) is 6.10 Å². The van der Waals surface area contributed by atoms with Crippen LogP contribution in [0.3, 0.4) is 0 Å². The average Bonchev–Trinajstić information content (AvgIpc) is 2.37. The Morgan fingerprint density at radius 1 is 0.826 bits per heavy atom. The van der Waals surface area contributed by atoms with E-state index >= 15 is 0 Å². The van der Waals surface area contributed by atoms with Gasteiger partial charge in [0.2, 0.25) is 0 Å². The van der Waals surface area contributed by atoms with E-state index in [-0.39, 0.29) is 5.02 Å². The molecule has 0 bridgehead atoms. The fourth-order valence-corrected chi connectivity index (χ4v) is 1.71. The molecule has 0 saturated heterocycles. The molecule has 0 heterocycles. The Morgan fingerprint density at radius 3 is 1.65 bits per heavy atom. The van der Waals surface area contributed by atoms with Gasteiger partial charge in [-0.15, -0.1) is 0 Å². The van der Waals surface area contributed by atoms with Gasteiger partial charge in [-0.2, -0.15) is 39.5 Å². The zero-order valence-corrected chi connectivity index (χ0v) is 11.6. The molecule has 1 aromatic carbocycles. The molecule has 0 aliphatic rings. The zero-order chi connectivity index (χ0) is 18.3. The van der Waals surface area contributed by atoms with E-state index in [9.17, 15) is 44.6 Å². The smallest absolute Gasteiger partial charge is 0.388 e. The van der Waals surface area contributed by atoms with Crippen LogP contribution < -0.4 is 0 Å². The highest BCUT2D eigenvalue weighted by Crippen LogP contribution is 2.55. The maximum atomic E-state index is 13.3. The molecule has 0 aliphatic carbocycles. The van der Waals surface area contributed by atoms with Crippen LogP contribution >= 0.6 is 11.6 Å². The zero-order valence-electron chi connectivity index (χ0n) is 10.8. The van der Waals surface area contributed by atoms with Gasteiger partial charge in [0.15, 0.2) is 0 Å². The minimum atomic E-state index is -6.97. The Balaban J connectivity index is 3.07. The Kier molecular flexibility index (Phi) is 5.23. The largest absolute Gasteiger partial charge is 0.460 e. The van der Waals surface area contributed by atoms with Crippen LogP contribution in [0.5, 0.6) is 0 Å². The summed E-state index contributed by atoms with van der Waals surface area (Å²) in [4.78, 5) is 0. The second-order valence-electron chi connectivity index (χ2n) is 4.62. The Labute approximate surface area is 128 Å². The highest BCUT2D eigenvalue weighted by Gasteiger charge is 2.81. The van der Waals surface area contributed by atoms with E-state index in [2.05, 4.69) is 0 Å². The Bertz CT molecular complexity index is 538. The lowest BCUT2D eigenvalue weighted by atomic mass is 9.95. The molecule has 132 valence electrons. The number of rotatable bonds is 5. The molecule has 1 aromatic rings. The van der Waals surface area contributed by atoms with Gasteiger partial charge in [-0.25, -0.2) is 0 Å². The lowest BCUT2D eigenvalue weighted by molar-refractivity contribution is -0.398. The van der Waals surface area contributed by atoms with Gasteiger partial charge in [-0.05, 0) is 17.7 Å². The van der Waals surface area contributed by atoms with Crippen molar-refractivity contribution in [1.82, 2.24) is 0 Å². The molecule has 1 N–H and O–H groups in total. The summed E-state index contributed by atoms with van der Waals surface area (Å²) in [6.07, 6.45) is -11.6. The molecular formula is C12H8ClF9O. The first-order valence-electron chi connectivity index (χ1n) is 5.77. The van der Waals surface area contributed by atoms with Crippen LogP contribution in [0.1, 0.15) is 18.1 Å². The normalized spacial score (nSPS) is 15.6. The second kappa shape index (κ2) is 6.04. The molecule has 1 nitrogen and oxygen atoms in total. The number of alkyl halides is 9. The summed E-state index contributed by atoms with van der Waals surface area (Å²) in [5.74, 6) is -19.5. The van der Waals surface area contributed by atoms with Crippen LogP contribution in [0, 0.1) is 0 Å². The van der Waals surface area contributed by atoms with Crippen LogP contribution in [0.4, 0.5) is 39.5 Å². The van der Waals surface area contributed by atoms with Crippen molar-refractivity contribution in [3.8, 4) is 0 Å². The number of halogens is 10. The van der Waals surface area contributed by atoms with Gasteiger partial charge < -0.3 is 5.11 Å². The predicted molar refractivity (Wildman–Crippen MR) is 61.9 cm³/mol. The molecule has 1 rings (SSSR count). The fraction of sp³-hybridized carbons (Fsp3) is 0.500. The van der Waals surface area contributed by atoms with Crippen molar-refractivity contribution in [3.05, 3.63) is 34.9 Å². The minimum absolute atomic E-state index is 0.0987. The molecule has 0 radical (unpaired) electrons. The summed E-state index contributed by atoms with van der Waals surface area (Å²) < 4.78 is 114. The predicted octanol–water partition coefficient (Wildman–Crippen LogP) is 5.23. The summed E-state index contributed by atoms with van der Waals surface area (Å²) in [7, 11) is 0. The monoisotopic (exact) mass is 374 g/mol. The Morgan fingerprint density at radius 2 is 1.26 bits per heavy atom. The van der Waals surface area contributed by atoms with Gasteiger partial charge in [0.25, 0.3) is 0 Å². The van der Waals surface area contributed by atoms with E-state index < -0.39 is 42.0 Å². The third-order valence-electron chi connectivity index (χ3n) is 2.91. The summed E-state index contributed by atoms with van der Waals surface area (Å²) in [6.45, 7) is 0. The van der Waals surface area contributed by atoms with Crippen molar-refractivity contribution in [2.45, 2.75) is 36.5 Å². The van der Waals surface area contributed by atoms with Gasteiger partial charge in [0, 0.05) is 11.4 Å². The highest BCUT2D eigenvalue weighted by molar-refractivity contribution is 6.30. The van der Waals surface area contributed by atoms with Crippen LogP contribution in [0.2, 0.25) is 5.02 Å². The SMILES string of the molecule is OC(CC(F)(F)C(F)(F)C(F)(F)C(F)(F)F)c1ccc(Cl)cc1. The van der Waals surface area contributed by atoms with Crippen LogP contribution in [-0.2, 0) is 0 Å². The molecule has 11 heteroatoms. The van der Waals surface area contributed by atoms with Crippen molar-refractivity contribution in [2.75, 3.05) is 0 Å². The van der Waals surface area contributed by atoms with Crippen LogP contribution in [0.25, 0.3) is 0 Å². The first-order valence-corrected chi connectivity index (χ1v) is 6.15. The van der Waals surface area contributed by atoms with Crippen LogP contribution in [0.15, 0.2) is 24.3 Å². The summed E-state index contributed by atoms with van der Waals surface area (Å²) in [5, 5.41) is 9.50. The van der Waals surface area contributed by atoms with E-state index in [1.807, 2.05) is 0 Å². The van der Waals surface area contributed by atoms with Crippen molar-refractivity contribution >= 4 is 11.6 Å². The molecule has 0 amide bonds.